The van der Waals surface area contributed by atoms with Crippen LogP contribution in [0.4, 0.5) is 4.79 Å². The lowest BCUT2D eigenvalue weighted by Crippen LogP contribution is -2.64. The van der Waals surface area contributed by atoms with Gasteiger partial charge in [-0.1, -0.05) is 24.3 Å². The molecule has 7 nitrogen and oxygen atoms in total. The van der Waals surface area contributed by atoms with Crippen LogP contribution in [0.2, 0.25) is 0 Å². The molecule has 0 atom stereocenters. The van der Waals surface area contributed by atoms with E-state index in [4.69, 9.17) is 10.5 Å². The average Bonchev–Trinajstić information content (AvgIpc) is 2.66. The van der Waals surface area contributed by atoms with E-state index in [0.29, 0.717) is 22.3 Å². The zero-order valence-corrected chi connectivity index (χ0v) is 14.2. The van der Waals surface area contributed by atoms with Gasteiger partial charge in [-0.25, -0.2) is 4.79 Å². The van der Waals surface area contributed by atoms with Crippen LogP contribution in [0.5, 0.6) is 0 Å². The summed E-state index contributed by atoms with van der Waals surface area (Å²) in [5, 5.41) is 22.5. The van der Waals surface area contributed by atoms with Gasteiger partial charge in [0.25, 0.3) is 0 Å². The molecule has 0 spiro atoms. The van der Waals surface area contributed by atoms with Crippen molar-refractivity contribution in [3.8, 4) is 12.1 Å². The fraction of sp³-hybridized carbons (Fsp3) is 0.150. The number of barbiturate groups is 1. The summed E-state index contributed by atoms with van der Waals surface area (Å²) < 4.78 is 0. The molecule has 1 saturated heterocycles. The minimum absolute atomic E-state index is 0.00421. The number of nitriles is 2. The summed E-state index contributed by atoms with van der Waals surface area (Å²) in [4.78, 5) is 37.0. The number of benzene rings is 2. The summed E-state index contributed by atoms with van der Waals surface area (Å²) in [6.45, 7) is 0. The summed E-state index contributed by atoms with van der Waals surface area (Å²) >= 11 is 0. The highest BCUT2D eigenvalue weighted by atomic mass is 16.2. The second-order valence-corrected chi connectivity index (χ2v) is 6.30. The molecule has 7 heteroatoms. The summed E-state index contributed by atoms with van der Waals surface area (Å²) in [7, 11) is 0. The summed E-state index contributed by atoms with van der Waals surface area (Å²) in [5.74, 6) is -1.41. The van der Waals surface area contributed by atoms with Crippen LogP contribution in [0.1, 0.15) is 22.3 Å². The molecule has 1 heterocycles. The fourth-order valence-electron chi connectivity index (χ4n) is 3.16. The first-order chi connectivity index (χ1) is 13.0. The van der Waals surface area contributed by atoms with Crippen LogP contribution >= 0.6 is 0 Å². The lowest BCUT2D eigenvalue weighted by Gasteiger charge is -2.34. The third-order valence-electron chi connectivity index (χ3n) is 4.45. The van der Waals surface area contributed by atoms with Crippen molar-refractivity contribution in [2.75, 3.05) is 0 Å². The van der Waals surface area contributed by atoms with Gasteiger partial charge in [0.1, 0.15) is 5.41 Å². The zero-order chi connectivity index (χ0) is 19.4. The summed E-state index contributed by atoms with van der Waals surface area (Å²) in [6.07, 6.45) is 0.00843. The summed E-state index contributed by atoms with van der Waals surface area (Å²) in [6, 6.07) is 16.4. The second kappa shape index (κ2) is 7.11. The van der Waals surface area contributed by atoms with Crippen molar-refractivity contribution in [1.82, 2.24) is 10.6 Å². The van der Waals surface area contributed by atoms with E-state index in [9.17, 15) is 14.4 Å². The molecule has 1 aliphatic rings. The maximum atomic E-state index is 12.7. The number of nitrogens with one attached hydrogen (secondary N) is 2. The molecule has 2 aromatic carbocycles. The van der Waals surface area contributed by atoms with Crippen molar-refractivity contribution in [2.45, 2.75) is 12.8 Å². The number of urea groups is 1. The predicted octanol–water partition coefficient (Wildman–Crippen LogP) is 1.57. The second-order valence-electron chi connectivity index (χ2n) is 6.30. The quantitative estimate of drug-likeness (QED) is 0.803. The largest absolute Gasteiger partial charge is 0.328 e. The van der Waals surface area contributed by atoms with Gasteiger partial charge in [-0.2, -0.15) is 10.5 Å². The van der Waals surface area contributed by atoms with Gasteiger partial charge in [-0.15, -0.1) is 0 Å². The van der Waals surface area contributed by atoms with Crippen molar-refractivity contribution >= 4 is 17.8 Å². The number of carbonyl (C=O) groups is 3. The third kappa shape index (κ3) is 3.53. The number of imide groups is 2. The van der Waals surface area contributed by atoms with E-state index in [1.54, 1.807) is 48.5 Å². The van der Waals surface area contributed by atoms with Gasteiger partial charge in [0, 0.05) is 0 Å². The number of amides is 4. The number of nitrogens with zero attached hydrogens (tertiary/aromatic N) is 2. The molecular formula is C20H14N4O3. The molecule has 0 radical (unpaired) electrons. The minimum atomic E-state index is -1.57. The van der Waals surface area contributed by atoms with Gasteiger partial charge in [-0.05, 0) is 48.2 Å². The van der Waals surface area contributed by atoms with Crippen LogP contribution in [0.15, 0.2) is 48.5 Å². The Morgan fingerprint density at radius 3 is 1.63 bits per heavy atom. The highest BCUT2D eigenvalue weighted by Gasteiger charge is 2.50. The lowest BCUT2D eigenvalue weighted by atomic mass is 9.73. The third-order valence-corrected chi connectivity index (χ3v) is 4.45. The molecule has 3 rings (SSSR count). The molecule has 27 heavy (non-hydrogen) atoms. The molecule has 2 N–H and O–H groups in total. The highest BCUT2D eigenvalue weighted by Crippen LogP contribution is 2.31. The van der Waals surface area contributed by atoms with Crippen LogP contribution in [-0.2, 0) is 22.4 Å². The van der Waals surface area contributed by atoms with Crippen LogP contribution < -0.4 is 10.6 Å². The number of carbonyl (C=O) groups excluding carboxylic acids is 3. The first-order valence-electron chi connectivity index (χ1n) is 8.12. The van der Waals surface area contributed by atoms with Crippen molar-refractivity contribution in [1.29, 1.82) is 10.5 Å². The lowest BCUT2D eigenvalue weighted by molar-refractivity contribution is -0.144. The molecular weight excluding hydrogens is 344 g/mol. The highest BCUT2D eigenvalue weighted by molar-refractivity contribution is 6.19. The predicted molar refractivity (Wildman–Crippen MR) is 93.8 cm³/mol. The van der Waals surface area contributed by atoms with Crippen LogP contribution in [0.3, 0.4) is 0 Å². The van der Waals surface area contributed by atoms with Crippen molar-refractivity contribution < 1.29 is 14.4 Å². The fourth-order valence-corrected chi connectivity index (χ4v) is 3.16. The molecule has 0 unspecified atom stereocenters. The molecule has 2 aromatic rings. The number of hydrogen-bond acceptors (Lipinski definition) is 5. The average molecular weight is 358 g/mol. The van der Waals surface area contributed by atoms with Gasteiger partial charge < -0.3 is 0 Å². The van der Waals surface area contributed by atoms with E-state index in [2.05, 4.69) is 10.6 Å². The molecule has 132 valence electrons. The van der Waals surface area contributed by atoms with Crippen molar-refractivity contribution in [3.05, 3.63) is 70.8 Å². The summed E-state index contributed by atoms with van der Waals surface area (Å²) in [5.41, 5.74) is 0.467. The molecule has 0 aromatic heterocycles. The van der Waals surface area contributed by atoms with E-state index in [-0.39, 0.29) is 12.8 Å². The van der Waals surface area contributed by atoms with Crippen LogP contribution in [0.25, 0.3) is 0 Å². The zero-order valence-electron chi connectivity index (χ0n) is 14.2. The first kappa shape index (κ1) is 17.8. The molecule has 1 aliphatic heterocycles. The van der Waals surface area contributed by atoms with Gasteiger partial charge in [0.2, 0.25) is 11.8 Å². The van der Waals surface area contributed by atoms with Crippen LogP contribution in [0, 0.1) is 28.1 Å². The Balaban J connectivity index is 2.04. The van der Waals surface area contributed by atoms with E-state index in [1.807, 2.05) is 12.1 Å². The minimum Gasteiger partial charge on any atom is -0.277 e. The number of rotatable bonds is 4. The van der Waals surface area contributed by atoms with Gasteiger partial charge in [-0.3, -0.25) is 20.2 Å². The normalized spacial score (nSPS) is 15.3. The molecule has 0 aliphatic carbocycles. The van der Waals surface area contributed by atoms with E-state index in [1.165, 1.54) is 0 Å². The van der Waals surface area contributed by atoms with Gasteiger partial charge in [0.05, 0.1) is 23.3 Å². The first-order valence-corrected chi connectivity index (χ1v) is 8.12. The Hall–Kier alpha value is -3.97. The molecule has 1 fully saturated rings. The standard InChI is InChI=1S/C20H14N4O3/c21-11-15-5-1-3-13(7-15)9-20(17(25)23-19(27)24-18(20)26)10-14-4-2-6-16(8-14)12-22/h1-8H,9-10H2,(H2,23,24,25,26,27). The molecule has 0 bridgehead atoms. The van der Waals surface area contributed by atoms with Crippen molar-refractivity contribution in [3.63, 3.8) is 0 Å². The smallest absolute Gasteiger partial charge is 0.277 e. The van der Waals surface area contributed by atoms with Gasteiger partial charge in [0.15, 0.2) is 0 Å². The topological polar surface area (TPSA) is 123 Å². The molecule has 4 amide bonds. The Morgan fingerprint density at radius 2 is 1.22 bits per heavy atom. The van der Waals surface area contributed by atoms with E-state index < -0.39 is 23.3 Å². The Morgan fingerprint density at radius 1 is 0.778 bits per heavy atom. The van der Waals surface area contributed by atoms with E-state index >= 15 is 0 Å². The maximum absolute atomic E-state index is 12.7. The molecule has 0 saturated carbocycles. The monoisotopic (exact) mass is 358 g/mol. The Labute approximate surface area is 155 Å². The Kier molecular flexibility index (Phi) is 4.69. The van der Waals surface area contributed by atoms with Crippen molar-refractivity contribution in [2.24, 2.45) is 5.41 Å². The Bertz CT molecular complexity index is 949. The van der Waals surface area contributed by atoms with E-state index in [0.717, 1.165) is 0 Å². The van der Waals surface area contributed by atoms with Gasteiger partial charge >= 0.3 is 6.03 Å². The maximum Gasteiger partial charge on any atom is 0.328 e. The number of hydrogen-bond donors (Lipinski definition) is 2. The van der Waals surface area contributed by atoms with Crippen LogP contribution in [-0.4, -0.2) is 17.8 Å². The SMILES string of the molecule is N#Cc1cccc(CC2(Cc3cccc(C#N)c3)C(=O)NC(=O)NC2=O)c1.